The quantitative estimate of drug-likeness (QED) is 0.438. The van der Waals surface area contributed by atoms with Gasteiger partial charge in [0, 0.05) is 33.4 Å². The molecule has 136 valence electrons. The van der Waals surface area contributed by atoms with Gasteiger partial charge in [0.05, 0.1) is 11.1 Å². The molecule has 5 aromatic rings. The SMILES string of the molecule is O=C(Nc1nc(-c2c[nH]c3ccccc23)cs1)c1n[nH]c(=O)c2ccccc12. The number of hydrogen-bond donors (Lipinski definition) is 3. The van der Waals surface area contributed by atoms with Crippen molar-refractivity contribution in [2.24, 2.45) is 0 Å². The van der Waals surface area contributed by atoms with Crippen molar-refractivity contribution >= 4 is 44.1 Å². The van der Waals surface area contributed by atoms with Crippen LogP contribution in [-0.2, 0) is 0 Å². The molecule has 0 saturated carbocycles. The summed E-state index contributed by atoms with van der Waals surface area (Å²) in [6.45, 7) is 0. The molecule has 7 nitrogen and oxygen atoms in total. The standard InChI is InChI=1S/C20H13N5O2S/c26-18-13-7-2-1-6-12(13)17(24-25-18)19(27)23-20-22-16(10-28-20)14-9-21-15-8-4-3-5-11(14)15/h1-10,21H,(H,25,26)(H,22,23,27). The highest BCUT2D eigenvalue weighted by molar-refractivity contribution is 7.14. The van der Waals surface area contributed by atoms with Crippen molar-refractivity contribution in [1.29, 1.82) is 0 Å². The lowest BCUT2D eigenvalue weighted by atomic mass is 10.1. The number of carbonyl (C=O) groups excluding carboxylic acids is 1. The molecular weight excluding hydrogens is 374 g/mol. The second-order valence-electron chi connectivity index (χ2n) is 6.19. The minimum atomic E-state index is -0.424. The number of benzene rings is 2. The number of thiazole rings is 1. The van der Waals surface area contributed by atoms with E-state index in [-0.39, 0.29) is 11.3 Å². The van der Waals surface area contributed by atoms with Crippen molar-refractivity contribution in [1.82, 2.24) is 20.2 Å². The molecule has 0 spiro atoms. The van der Waals surface area contributed by atoms with Gasteiger partial charge >= 0.3 is 0 Å². The summed E-state index contributed by atoms with van der Waals surface area (Å²) in [6, 6.07) is 14.8. The third kappa shape index (κ3) is 2.67. The van der Waals surface area contributed by atoms with E-state index in [1.807, 2.05) is 35.8 Å². The highest BCUT2D eigenvalue weighted by atomic mass is 32.1. The molecule has 0 aliphatic rings. The number of aromatic amines is 2. The van der Waals surface area contributed by atoms with Crippen LogP contribution in [0.2, 0.25) is 0 Å². The summed E-state index contributed by atoms with van der Waals surface area (Å²) in [5, 5.41) is 13.4. The fraction of sp³-hybridized carbons (Fsp3) is 0. The molecule has 3 aromatic heterocycles. The zero-order valence-electron chi connectivity index (χ0n) is 14.4. The van der Waals surface area contributed by atoms with Crippen LogP contribution < -0.4 is 10.9 Å². The molecule has 3 heterocycles. The Hall–Kier alpha value is -3.78. The molecule has 0 unspecified atom stereocenters. The van der Waals surface area contributed by atoms with E-state index >= 15 is 0 Å². The van der Waals surface area contributed by atoms with E-state index in [0.717, 1.165) is 22.2 Å². The Labute approximate surface area is 162 Å². The Morgan fingerprint density at radius 1 is 1.00 bits per heavy atom. The molecule has 28 heavy (non-hydrogen) atoms. The third-order valence-electron chi connectivity index (χ3n) is 4.50. The molecule has 8 heteroatoms. The Morgan fingerprint density at radius 2 is 1.75 bits per heavy atom. The third-order valence-corrected chi connectivity index (χ3v) is 5.26. The first-order chi connectivity index (χ1) is 13.7. The van der Waals surface area contributed by atoms with Crippen molar-refractivity contribution < 1.29 is 4.79 Å². The number of amides is 1. The zero-order chi connectivity index (χ0) is 19.1. The van der Waals surface area contributed by atoms with Crippen LogP contribution in [-0.4, -0.2) is 26.1 Å². The van der Waals surface area contributed by atoms with E-state index < -0.39 is 5.91 Å². The lowest BCUT2D eigenvalue weighted by Gasteiger charge is -2.04. The topological polar surface area (TPSA) is 104 Å². The average molecular weight is 387 g/mol. The van der Waals surface area contributed by atoms with Crippen molar-refractivity contribution in [3.63, 3.8) is 0 Å². The maximum absolute atomic E-state index is 12.7. The fourth-order valence-corrected chi connectivity index (χ4v) is 3.89. The first kappa shape index (κ1) is 16.4. The average Bonchev–Trinajstić information content (AvgIpc) is 3.35. The molecule has 0 aliphatic heterocycles. The molecule has 3 N–H and O–H groups in total. The van der Waals surface area contributed by atoms with E-state index in [0.29, 0.717) is 15.9 Å². The van der Waals surface area contributed by atoms with Gasteiger partial charge in [-0.15, -0.1) is 11.3 Å². The molecule has 2 aromatic carbocycles. The van der Waals surface area contributed by atoms with E-state index in [1.165, 1.54) is 11.3 Å². The molecule has 1 amide bonds. The zero-order valence-corrected chi connectivity index (χ0v) is 15.2. The fourth-order valence-electron chi connectivity index (χ4n) is 3.18. The summed E-state index contributed by atoms with van der Waals surface area (Å²) in [4.78, 5) is 32.4. The predicted molar refractivity (Wildman–Crippen MR) is 110 cm³/mol. The van der Waals surface area contributed by atoms with Crippen LogP contribution in [0.1, 0.15) is 10.5 Å². The van der Waals surface area contributed by atoms with Gasteiger partial charge in [-0.1, -0.05) is 36.4 Å². The summed E-state index contributed by atoms with van der Waals surface area (Å²) in [6.07, 6.45) is 1.91. The molecule has 0 radical (unpaired) electrons. The highest BCUT2D eigenvalue weighted by Gasteiger charge is 2.16. The number of para-hydroxylation sites is 1. The van der Waals surface area contributed by atoms with Gasteiger partial charge in [-0.2, -0.15) is 5.10 Å². The number of rotatable bonds is 3. The summed E-state index contributed by atoms with van der Waals surface area (Å²) in [5.74, 6) is -0.424. The number of anilines is 1. The van der Waals surface area contributed by atoms with Crippen LogP contribution in [0.25, 0.3) is 32.9 Å². The van der Waals surface area contributed by atoms with Crippen molar-refractivity contribution in [3.05, 3.63) is 76.2 Å². The number of nitrogens with one attached hydrogen (secondary N) is 3. The predicted octanol–water partition coefficient (Wildman–Crippen LogP) is 3.78. The Balaban J connectivity index is 1.47. The van der Waals surface area contributed by atoms with E-state index in [1.54, 1.807) is 24.3 Å². The van der Waals surface area contributed by atoms with E-state index in [9.17, 15) is 9.59 Å². The lowest BCUT2D eigenvalue weighted by Crippen LogP contribution is -2.19. The Kier molecular flexibility index (Phi) is 3.77. The van der Waals surface area contributed by atoms with Gasteiger partial charge < -0.3 is 4.98 Å². The van der Waals surface area contributed by atoms with Gasteiger partial charge in [-0.25, -0.2) is 10.1 Å². The van der Waals surface area contributed by atoms with Crippen molar-refractivity contribution in [2.45, 2.75) is 0 Å². The first-order valence-electron chi connectivity index (χ1n) is 8.51. The van der Waals surface area contributed by atoms with E-state index in [2.05, 4.69) is 25.5 Å². The largest absolute Gasteiger partial charge is 0.360 e. The van der Waals surface area contributed by atoms with Crippen LogP contribution in [0.3, 0.4) is 0 Å². The summed E-state index contributed by atoms with van der Waals surface area (Å²) in [5.41, 5.74) is 2.60. The second-order valence-corrected chi connectivity index (χ2v) is 7.04. The minimum Gasteiger partial charge on any atom is -0.360 e. The normalized spacial score (nSPS) is 11.1. The van der Waals surface area contributed by atoms with E-state index in [4.69, 9.17) is 0 Å². The highest BCUT2D eigenvalue weighted by Crippen LogP contribution is 2.31. The maximum Gasteiger partial charge on any atom is 0.278 e. The molecular formula is C20H13N5O2S. The minimum absolute atomic E-state index is 0.152. The van der Waals surface area contributed by atoms with Gasteiger partial charge in [-0.3, -0.25) is 14.9 Å². The molecule has 5 rings (SSSR count). The van der Waals surface area contributed by atoms with Crippen LogP contribution in [0, 0.1) is 0 Å². The van der Waals surface area contributed by atoms with Gasteiger partial charge in [0.25, 0.3) is 11.5 Å². The summed E-state index contributed by atoms with van der Waals surface area (Å²) < 4.78 is 0. The summed E-state index contributed by atoms with van der Waals surface area (Å²) >= 11 is 1.33. The maximum atomic E-state index is 12.7. The van der Waals surface area contributed by atoms with Gasteiger partial charge in [0.2, 0.25) is 0 Å². The monoisotopic (exact) mass is 387 g/mol. The van der Waals surface area contributed by atoms with Crippen LogP contribution in [0.4, 0.5) is 5.13 Å². The Bertz CT molecular complexity index is 1400. The number of hydrogen-bond acceptors (Lipinski definition) is 5. The van der Waals surface area contributed by atoms with Gasteiger partial charge in [-0.05, 0) is 12.1 Å². The summed E-state index contributed by atoms with van der Waals surface area (Å²) in [7, 11) is 0. The van der Waals surface area contributed by atoms with Crippen molar-refractivity contribution in [3.8, 4) is 11.3 Å². The van der Waals surface area contributed by atoms with Crippen LogP contribution in [0.5, 0.6) is 0 Å². The smallest absolute Gasteiger partial charge is 0.278 e. The molecule has 0 bridgehead atoms. The number of nitrogens with zero attached hydrogens (tertiary/aromatic N) is 2. The number of aromatic nitrogens is 4. The molecule has 0 fully saturated rings. The number of carbonyl (C=O) groups is 1. The Morgan fingerprint density at radius 3 is 2.61 bits per heavy atom. The van der Waals surface area contributed by atoms with Gasteiger partial charge in [0.1, 0.15) is 0 Å². The molecule has 0 aliphatic carbocycles. The lowest BCUT2D eigenvalue weighted by molar-refractivity contribution is 0.102. The number of H-pyrrole nitrogens is 2. The first-order valence-corrected chi connectivity index (χ1v) is 9.39. The van der Waals surface area contributed by atoms with Crippen LogP contribution in [0.15, 0.2) is 64.9 Å². The van der Waals surface area contributed by atoms with Crippen LogP contribution >= 0.6 is 11.3 Å². The second kappa shape index (κ2) is 6.43. The molecule has 0 saturated heterocycles. The van der Waals surface area contributed by atoms with Gasteiger partial charge in [0.15, 0.2) is 10.8 Å². The van der Waals surface area contributed by atoms with Crippen molar-refractivity contribution in [2.75, 3.05) is 5.32 Å². The number of fused-ring (bicyclic) bond motifs is 2. The molecule has 0 atom stereocenters.